The summed E-state index contributed by atoms with van der Waals surface area (Å²) in [4.78, 5) is 19.3. The minimum Gasteiger partial charge on any atom is -0.294 e. The summed E-state index contributed by atoms with van der Waals surface area (Å²) in [5.41, 5.74) is 17.9. The topological polar surface area (TPSA) is 190 Å². The average Bonchev–Trinajstić information content (AvgIpc) is 2.01. The van der Waals surface area contributed by atoms with Gasteiger partial charge in [-0.2, -0.15) is 0 Å². The van der Waals surface area contributed by atoms with Gasteiger partial charge < -0.3 is 0 Å². The van der Waals surface area contributed by atoms with Crippen molar-refractivity contribution in [3.8, 4) is 0 Å². The molecular formula is C5H14N6O4. The maximum atomic E-state index is 10.7. The summed E-state index contributed by atoms with van der Waals surface area (Å²) in [6.45, 7) is 1.35. The first-order valence-electron chi connectivity index (χ1n) is 4.02. The van der Waals surface area contributed by atoms with Crippen LogP contribution in [0.25, 0.3) is 0 Å². The molecule has 10 nitrogen and oxygen atoms in total. The normalized spacial score (nSPS) is 17.9. The molecule has 0 aliphatic heterocycles. The van der Waals surface area contributed by atoms with Gasteiger partial charge in [-0.1, -0.05) is 6.92 Å². The van der Waals surface area contributed by atoms with Crippen LogP contribution in [0, 0.1) is 20.2 Å². The second-order valence-corrected chi connectivity index (χ2v) is 3.22. The minimum atomic E-state index is -2.72. The lowest BCUT2D eigenvalue weighted by Crippen LogP contribution is -2.84. The molecule has 0 aromatic rings. The van der Waals surface area contributed by atoms with E-state index < -0.39 is 27.3 Å². The Bertz CT molecular complexity index is 275. The van der Waals surface area contributed by atoms with Crippen molar-refractivity contribution in [2.75, 3.05) is 0 Å². The van der Waals surface area contributed by atoms with Gasteiger partial charge in [-0.3, -0.25) is 43.2 Å². The van der Waals surface area contributed by atoms with E-state index in [0.29, 0.717) is 0 Å². The lowest BCUT2D eigenvalue weighted by atomic mass is 9.93. The van der Waals surface area contributed by atoms with Gasteiger partial charge in [0.25, 0.3) is 0 Å². The van der Waals surface area contributed by atoms with Gasteiger partial charge in [-0.25, -0.2) is 0 Å². The highest BCUT2D eigenvalue weighted by Crippen LogP contribution is 2.19. The Kier molecular flexibility index (Phi) is 3.66. The first-order chi connectivity index (χ1) is 6.59. The lowest BCUT2D eigenvalue weighted by Gasteiger charge is -2.32. The fourth-order valence-corrected chi connectivity index (χ4v) is 1.19. The summed E-state index contributed by atoms with van der Waals surface area (Å²) in [5, 5.41) is 21.3. The van der Waals surface area contributed by atoms with E-state index in [4.69, 9.17) is 22.9 Å². The molecule has 88 valence electrons. The average molecular weight is 222 g/mol. The van der Waals surface area contributed by atoms with Crippen LogP contribution in [0.15, 0.2) is 0 Å². The van der Waals surface area contributed by atoms with E-state index in [9.17, 15) is 20.2 Å². The summed E-state index contributed by atoms with van der Waals surface area (Å²) < 4.78 is 0. The molecule has 0 aromatic carbocycles. The highest BCUT2D eigenvalue weighted by molar-refractivity contribution is 4.96. The first kappa shape index (κ1) is 13.6. The Morgan fingerprint density at radius 1 is 1.20 bits per heavy atom. The van der Waals surface area contributed by atoms with E-state index in [1.165, 1.54) is 6.92 Å². The van der Waals surface area contributed by atoms with Gasteiger partial charge in [-0.15, -0.1) is 0 Å². The molecule has 10 heteroatoms. The number of nitro groups is 2. The van der Waals surface area contributed by atoms with Crippen molar-refractivity contribution in [3.63, 3.8) is 0 Å². The van der Waals surface area contributed by atoms with Gasteiger partial charge in [0.15, 0.2) is 0 Å². The van der Waals surface area contributed by atoms with E-state index in [1.54, 1.807) is 0 Å². The molecule has 0 fully saturated rings. The van der Waals surface area contributed by atoms with Crippen molar-refractivity contribution >= 4 is 0 Å². The third kappa shape index (κ3) is 2.18. The van der Waals surface area contributed by atoms with Gasteiger partial charge in [-0.05, 0) is 0 Å². The van der Waals surface area contributed by atoms with E-state index in [-0.39, 0.29) is 6.42 Å². The molecule has 0 aromatic heterocycles. The highest BCUT2D eigenvalue weighted by atomic mass is 16.7. The zero-order chi connectivity index (χ0) is 12.4. The zero-order valence-electron chi connectivity index (χ0n) is 8.12. The first-order valence-corrected chi connectivity index (χ1v) is 4.02. The van der Waals surface area contributed by atoms with Gasteiger partial charge in [0, 0.05) is 11.3 Å². The van der Waals surface area contributed by atoms with Crippen molar-refractivity contribution < 1.29 is 9.85 Å². The van der Waals surface area contributed by atoms with E-state index in [1.807, 2.05) is 0 Å². The molecule has 0 radical (unpaired) electrons. The van der Waals surface area contributed by atoms with E-state index >= 15 is 0 Å². The summed E-state index contributed by atoms with van der Waals surface area (Å²) in [5.74, 6) is -2.48. The summed E-state index contributed by atoms with van der Waals surface area (Å²) >= 11 is 0. The predicted octanol–water partition coefficient (Wildman–Crippen LogP) is -2.50. The van der Waals surface area contributed by atoms with Crippen LogP contribution < -0.4 is 22.9 Å². The monoisotopic (exact) mass is 222 g/mol. The van der Waals surface area contributed by atoms with Crippen LogP contribution >= 0.6 is 0 Å². The van der Waals surface area contributed by atoms with Crippen molar-refractivity contribution in [2.24, 2.45) is 22.9 Å². The second kappa shape index (κ2) is 4.02. The van der Waals surface area contributed by atoms with Crippen molar-refractivity contribution in [2.45, 2.75) is 30.8 Å². The molecule has 0 rings (SSSR count). The van der Waals surface area contributed by atoms with Gasteiger partial charge in [0.1, 0.15) is 0 Å². The number of nitrogens with zero attached hydrogens (tertiary/aromatic N) is 2. The van der Waals surface area contributed by atoms with Crippen LogP contribution in [0.3, 0.4) is 0 Å². The Hall–Kier alpha value is -1.36. The molecular weight excluding hydrogens is 208 g/mol. The van der Waals surface area contributed by atoms with E-state index in [2.05, 4.69) is 0 Å². The molecule has 0 amide bonds. The molecule has 0 spiro atoms. The Labute approximate surface area is 84.9 Å². The quantitative estimate of drug-likeness (QED) is 0.223. The van der Waals surface area contributed by atoms with Crippen LogP contribution in [0.2, 0.25) is 0 Å². The van der Waals surface area contributed by atoms with Crippen molar-refractivity contribution in [3.05, 3.63) is 20.2 Å². The molecule has 0 saturated carbocycles. The molecule has 0 aliphatic carbocycles. The summed E-state index contributed by atoms with van der Waals surface area (Å²) in [7, 11) is 0. The fraction of sp³-hybridized carbons (Fsp3) is 1.00. The zero-order valence-corrected chi connectivity index (χ0v) is 8.12. The number of rotatable bonds is 5. The van der Waals surface area contributed by atoms with Crippen molar-refractivity contribution in [1.82, 2.24) is 0 Å². The van der Waals surface area contributed by atoms with Crippen molar-refractivity contribution in [1.29, 1.82) is 0 Å². The number of nitrogens with two attached hydrogens (primary N) is 4. The smallest absolute Gasteiger partial charge is 0.294 e. The van der Waals surface area contributed by atoms with Gasteiger partial charge in [0.2, 0.25) is 5.79 Å². The second-order valence-electron chi connectivity index (χ2n) is 3.22. The van der Waals surface area contributed by atoms with Crippen LogP contribution in [0.1, 0.15) is 13.3 Å². The lowest BCUT2D eigenvalue weighted by molar-refractivity contribution is -0.662. The largest absolute Gasteiger partial charge is 0.383 e. The Morgan fingerprint density at radius 2 is 1.60 bits per heavy atom. The van der Waals surface area contributed by atoms with Gasteiger partial charge in [0.05, 0.1) is 4.92 Å². The van der Waals surface area contributed by atoms with Crippen LogP contribution in [0.4, 0.5) is 0 Å². The summed E-state index contributed by atoms with van der Waals surface area (Å²) in [6.07, 6.45) is -0.210. The van der Waals surface area contributed by atoms with Gasteiger partial charge >= 0.3 is 11.7 Å². The number of hydrogen-bond donors (Lipinski definition) is 4. The molecule has 2 unspecified atom stereocenters. The third-order valence-corrected chi connectivity index (χ3v) is 2.14. The molecule has 2 atom stereocenters. The Morgan fingerprint density at radius 3 is 1.67 bits per heavy atom. The van der Waals surface area contributed by atoms with E-state index in [0.717, 1.165) is 0 Å². The standard InChI is InChI=1S/C5H14N6O4/c1-2-3(10(12)13)4(6,11(14)15)5(7,8)9/h3H,2,6-9H2,1H3. The van der Waals surface area contributed by atoms with Crippen LogP contribution in [0.5, 0.6) is 0 Å². The molecule has 0 aliphatic rings. The molecule has 0 heterocycles. The Balaban J connectivity index is 5.47. The predicted molar refractivity (Wildman–Crippen MR) is 50.3 cm³/mol. The third-order valence-electron chi connectivity index (χ3n) is 2.14. The number of hydrogen-bond acceptors (Lipinski definition) is 8. The maximum absolute atomic E-state index is 10.7. The molecule has 0 saturated heterocycles. The minimum absolute atomic E-state index is 0.210. The SMILES string of the molecule is CCC([N+](=O)[O-])C(N)([N+](=O)[O-])C(N)(N)N. The summed E-state index contributed by atoms with van der Waals surface area (Å²) in [6, 6.07) is -1.76. The van der Waals surface area contributed by atoms with Crippen LogP contribution in [-0.4, -0.2) is 27.3 Å². The molecule has 15 heavy (non-hydrogen) atoms. The van der Waals surface area contributed by atoms with Crippen LogP contribution in [-0.2, 0) is 0 Å². The maximum Gasteiger partial charge on any atom is 0.383 e. The highest BCUT2D eigenvalue weighted by Gasteiger charge is 2.64. The fourth-order valence-electron chi connectivity index (χ4n) is 1.19. The molecule has 8 N–H and O–H groups in total. The molecule has 0 bridgehead atoms.